The molecule has 3 aromatic rings. The minimum atomic E-state index is -4.11. The minimum absolute atomic E-state index is 0.0493. The van der Waals surface area contributed by atoms with E-state index in [9.17, 15) is 13.2 Å². The topological polar surface area (TPSA) is 63.7 Å². The third kappa shape index (κ3) is 4.54. The number of hydrogen-bond acceptors (Lipinski definition) is 4. The van der Waals surface area contributed by atoms with Gasteiger partial charge in [0.2, 0.25) is 0 Å². The van der Waals surface area contributed by atoms with Crippen LogP contribution < -0.4 is 9.04 Å². The summed E-state index contributed by atoms with van der Waals surface area (Å²) in [6.45, 7) is 5.24. The molecule has 0 atom stereocenters. The Morgan fingerprint density at radius 1 is 0.933 bits per heavy atom. The van der Waals surface area contributed by atoms with Crippen LogP contribution in [0.1, 0.15) is 23.6 Å². The first-order valence-corrected chi connectivity index (χ1v) is 11.2. The Hall–Kier alpha value is -3.12. The Balaban J connectivity index is 2.01. The molecule has 6 heteroatoms. The van der Waals surface area contributed by atoms with Crippen LogP contribution in [0.4, 0.5) is 5.69 Å². The fraction of sp³-hybridized carbons (Fsp3) is 0.208. The SMILES string of the molecule is CCc1ccccc1OCC(=O)N(c1cc(C)ccc1C)S(=O)(=O)c1ccccc1. The highest BCUT2D eigenvalue weighted by atomic mass is 32.2. The van der Waals surface area contributed by atoms with Crippen molar-refractivity contribution in [3.63, 3.8) is 0 Å². The highest BCUT2D eigenvalue weighted by molar-refractivity contribution is 7.93. The number of carbonyl (C=O) groups is 1. The van der Waals surface area contributed by atoms with Gasteiger partial charge in [-0.05, 0) is 61.2 Å². The molecule has 0 saturated heterocycles. The summed E-state index contributed by atoms with van der Waals surface area (Å²) in [6, 6.07) is 20.8. The number of hydrogen-bond donors (Lipinski definition) is 0. The zero-order chi connectivity index (χ0) is 21.7. The van der Waals surface area contributed by atoms with Crippen LogP contribution in [0.5, 0.6) is 5.75 Å². The first-order chi connectivity index (χ1) is 14.3. The van der Waals surface area contributed by atoms with Gasteiger partial charge in [-0.15, -0.1) is 0 Å². The molecule has 1 amide bonds. The van der Waals surface area contributed by atoms with E-state index in [2.05, 4.69) is 0 Å². The van der Waals surface area contributed by atoms with E-state index >= 15 is 0 Å². The van der Waals surface area contributed by atoms with Crippen LogP contribution in [-0.2, 0) is 21.2 Å². The lowest BCUT2D eigenvalue weighted by Crippen LogP contribution is -2.40. The molecule has 0 unspecified atom stereocenters. The van der Waals surface area contributed by atoms with Crippen LogP contribution in [-0.4, -0.2) is 20.9 Å². The number of amides is 1. The van der Waals surface area contributed by atoms with Crippen LogP contribution in [0.25, 0.3) is 0 Å². The molecule has 156 valence electrons. The fourth-order valence-corrected chi connectivity index (χ4v) is 4.66. The molecule has 5 nitrogen and oxygen atoms in total. The van der Waals surface area contributed by atoms with Gasteiger partial charge >= 0.3 is 0 Å². The number of para-hydroxylation sites is 1. The third-order valence-corrected chi connectivity index (χ3v) is 6.54. The number of ether oxygens (including phenoxy) is 1. The monoisotopic (exact) mass is 423 g/mol. The highest BCUT2D eigenvalue weighted by Crippen LogP contribution is 2.28. The predicted molar refractivity (Wildman–Crippen MR) is 118 cm³/mol. The van der Waals surface area contributed by atoms with Crippen molar-refractivity contribution in [1.29, 1.82) is 0 Å². The van der Waals surface area contributed by atoms with Gasteiger partial charge in [0.25, 0.3) is 15.9 Å². The molecule has 0 fully saturated rings. The zero-order valence-corrected chi connectivity index (χ0v) is 18.1. The quantitative estimate of drug-likeness (QED) is 0.554. The summed E-state index contributed by atoms with van der Waals surface area (Å²) in [5.41, 5.74) is 2.82. The van der Waals surface area contributed by atoms with Crippen molar-refractivity contribution < 1.29 is 17.9 Å². The van der Waals surface area contributed by atoms with Crippen LogP contribution >= 0.6 is 0 Å². The van der Waals surface area contributed by atoms with E-state index in [0.717, 1.165) is 21.9 Å². The van der Waals surface area contributed by atoms with Crippen LogP contribution in [0, 0.1) is 13.8 Å². The van der Waals surface area contributed by atoms with Gasteiger partial charge in [-0.1, -0.05) is 55.5 Å². The van der Waals surface area contributed by atoms with Gasteiger partial charge in [0, 0.05) is 0 Å². The average Bonchev–Trinajstić information content (AvgIpc) is 2.75. The van der Waals surface area contributed by atoms with Crippen molar-refractivity contribution in [3.8, 4) is 5.75 Å². The maximum absolute atomic E-state index is 13.4. The van der Waals surface area contributed by atoms with Crippen LogP contribution in [0.15, 0.2) is 77.7 Å². The Kier molecular flexibility index (Phi) is 6.57. The number of carbonyl (C=O) groups excluding carboxylic acids is 1. The number of benzene rings is 3. The van der Waals surface area contributed by atoms with Gasteiger partial charge in [0.15, 0.2) is 6.61 Å². The molecule has 0 aromatic heterocycles. The smallest absolute Gasteiger partial charge is 0.278 e. The molecule has 0 N–H and O–H groups in total. The van der Waals surface area contributed by atoms with Crippen LogP contribution in [0.2, 0.25) is 0 Å². The lowest BCUT2D eigenvalue weighted by Gasteiger charge is -2.25. The zero-order valence-electron chi connectivity index (χ0n) is 17.3. The van der Waals surface area contributed by atoms with Gasteiger partial charge in [0.05, 0.1) is 10.6 Å². The van der Waals surface area contributed by atoms with E-state index in [0.29, 0.717) is 17.0 Å². The van der Waals surface area contributed by atoms with Crippen molar-refractivity contribution in [1.82, 2.24) is 0 Å². The molecule has 0 spiro atoms. The van der Waals surface area contributed by atoms with Crippen LogP contribution in [0.3, 0.4) is 0 Å². The Labute approximate surface area is 178 Å². The molecular formula is C24H25NO4S. The molecule has 30 heavy (non-hydrogen) atoms. The molecular weight excluding hydrogens is 398 g/mol. The van der Waals surface area contributed by atoms with Crippen molar-refractivity contribution in [3.05, 3.63) is 89.5 Å². The molecule has 0 bridgehead atoms. The molecule has 3 aromatic carbocycles. The summed E-state index contributed by atoms with van der Waals surface area (Å²) in [5, 5.41) is 0. The van der Waals surface area contributed by atoms with Gasteiger partial charge in [-0.2, -0.15) is 4.31 Å². The second kappa shape index (κ2) is 9.13. The third-order valence-electron chi connectivity index (χ3n) is 4.80. The molecule has 3 rings (SSSR count). The summed E-state index contributed by atoms with van der Waals surface area (Å²) in [4.78, 5) is 13.3. The summed E-state index contributed by atoms with van der Waals surface area (Å²) in [5.74, 6) is -0.0789. The number of nitrogens with zero attached hydrogens (tertiary/aromatic N) is 1. The number of sulfonamides is 1. The molecule has 0 saturated carbocycles. The first kappa shape index (κ1) is 21.6. The van der Waals surface area contributed by atoms with E-state index in [-0.39, 0.29) is 4.90 Å². The maximum Gasteiger partial charge on any atom is 0.278 e. The summed E-state index contributed by atoms with van der Waals surface area (Å²) in [7, 11) is -4.11. The van der Waals surface area contributed by atoms with Crippen molar-refractivity contribution in [2.45, 2.75) is 32.1 Å². The standard InChI is InChI=1S/C24H25NO4S/c1-4-20-10-8-9-13-23(20)29-17-24(26)25(22-16-18(2)14-15-19(22)3)30(27,28)21-11-6-5-7-12-21/h5-16H,4,17H2,1-3H3. The highest BCUT2D eigenvalue weighted by Gasteiger charge is 2.32. The maximum atomic E-state index is 13.4. The molecule has 0 aliphatic carbocycles. The van der Waals surface area contributed by atoms with Crippen molar-refractivity contribution in [2.24, 2.45) is 0 Å². The largest absolute Gasteiger partial charge is 0.483 e. The minimum Gasteiger partial charge on any atom is -0.483 e. The van der Waals surface area contributed by atoms with E-state index in [4.69, 9.17) is 4.74 Å². The number of rotatable bonds is 7. The van der Waals surface area contributed by atoms with Gasteiger partial charge in [-0.25, -0.2) is 8.42 Å². The molecule has 0 aliphatic rings. The van der Waals surface area contributed by atoms with E-state index in [1.807, 2.05) is 38.1 Å². The first-order valence-electron chi connectivity index (χ1n) is 9.75. The normalized spacial score (nSPS) is 11.2. The Bertz CT molecular complexity index is 1140. The van der Waals surface area contributed by atoms with Crippen molar-refractivity contribution in [2.75, 3.05) is 10.9 Å². The Morgan fingerprint density at radius 2 is 1.60 bits per heavy atom. The van der Waals surface area contributed by atoms with Crippen molar-refractivity contribution >= 4 is 21.6 Å². The summed E-state index contributed by atoms with van der Waals surface area (Å²) >= 11 is 0. The molecule has 0 aliphatic heterocycles. The van der Waals surface area contributed by atoms with E-state index in [1.165, 1.54) is 12.1 Å². The Morgan fingerprint density at radius 3 is 2.30 bits per heavy atom. The van der Waals surface area contributed by atoms with Gasteiger partial charge in [-0.3, -0.25) is 4.79 Å². The van der Waals surface area contributed by atoms with Gasteiger partial charge in [0.1, 0.15) is 5.75 Å². The molecule has 0 radical (unpaired) electrons. The predicted octanol–water partition coefficient (Wildman–Crippen LogP) is 4.67. The van der Waals surface area contributed by atoms with Gasteiger partial charge < -0.3 is 4.74 Å². The second-order valence-corrected chi connectivity index (χ2v) is 8.80. The van der Waals surface area contributed by atoms with E-state index in [1.54, 1.807) is 43.3 Å². The lowest BCUT2D eigenvalue weighted by molar-refractivity contribution is -0.119. The number of anilines is 1. The fourth-order valence-electron chi connectivity index (χ4n) is 3.17. The van der Waals surface area contributed by atoms with E-state index < -0.39 is 22.5 Å². The number of aryl methyl sites for hydroxylation is 3. The lowest BCUT2D eigenvalue weighted by atomic mass is 10.1. The summed E-state index contributed by atoms with van der Waals surface area (Å²) in [6.07, 6.45) is 0.743. The second-order valence-electron chi connectivity index (χ2n) is 7.02. The average molecular weight is 424 g/mol. The summed E-state index contributed by atoms with van der Waals surface area (Å²) < 4.78 is 33.4. The molecule has 0 heterocycles.